The lowest BCUT2D eigenvalue weighted by molar-refractivity contribution is -0.142. The molecule has 0 aliphatic heterocycles. The SMILES string of the molecule is CCCCOC(=O)C(C)Sc1ncc(C(=O)OCC)[nH]1. The third-order valence-corrected chi connectivity index (χ3v) is 3.39. The van der Waals surface area contributed by atoms with Gasteiger partial charge in [0.15, 0.2) is 5.16 Å². The highest BCUT2D eigenvalue weighted by Crippen LogP contribution is 2.21. The van der Waals surface area contributed by atoms with E-state index in [-0.39, 0.29) is 16.9 Å². The minimum absolute atomic E-state index is 0.279. The molecule has 0 fully saturated rings. The largest absolute Gasteiger partial charge is 0.465 e. The Morgan fingerprint density at radius 2 is 2.15 bits per heavy atom. The van der Waals surface area contributed by atoms with Crippen molar-refractivity contribution < 1.29 is 19.1 Å². The average molecular weight is 300 g/mol. The van der Waals surface area contributed by atoms with Crippen molar-refractivity contribution in [3.8, 4) is 0 Å². The van der Waals surface area contributed by atoms with Crippen LogP contribution in [0.25, 0.3) is 0 Å². The Balaban J connectivity index is 2.47. The van der Waals surface area contributed by atoms with Gasteiger partial charge in [-0.25, -0.2) is 9.78 Å². The van der Waals surface area contributed by atoms with Crippen molar-refractivity contribution in [2.24, 2.45) is 0 Å². The molecule has 1 rings (SSSR count). The molecule has 0 aliphatic carbocycles. The molecular weight excluding hydrogens is 280 g/mol. The second-order valence-electron chi connectivity index (χ2n) is 4.10. The zero-order chi connectivity index (χ0) is 15.0. The van der Waals surface area contributed by atoms with Crippen LogP contribution in [0.3, 0.4) is 0 Å². The van der Waals surface area contributed by atoms with Gasteiger partial charge < -0.3 is 14.5 Å². The van der Waals surface area contributed by atoms with E-state index in [1.807, 2.05) is 6.92 Å². The van der Waals surface area contributed by atoms with E-state index in [0.717, 1.165) is 12.8 Å². The molecule has 1 aromatic heterocycles. The Bertz CT molecular complexity index is 447. The van der Waals surface area contributed by atoms with Crippen molar-refractivity contribution in [1.82, 2.24) is 9.97 Å². The topological polar surface area (TPSA) is 81.3 Å². The van der Waals surface area contributed by atoms with Crippen molar-refractivity contribution in [3.63, 3.8) is 0 Å². The van der Waals surface area contributed by atoms with E-state index in [0.29, 0.717) is 18.4 Å². The van der Waals surface area contributed by atoms with Crippen molar-refractivity contribution in [2.75, 3.05) is 13.2 Å². The molecule has 0 radical (unpaired) electrons. The molecule has 7 heteroatoms. The molecular formula is C13H20N2O4S. The Labute approximate surface area is 122 Å². The minimum Gasteiger partial charge on any atom is -0.465 e. The molecule has 1 aromatic rings. The third kappa shape index (κ3) is 5.24. The zero-order valence-corrected chi connectivity index (χ0v) is 12.8. The van der Waals surface area contributed by atoms with E-state index in [1.54, 1.807) is 13.8 Å². The second-order valence-corrected chi connectivity index (χ2v) is 5.43. The molecule has 0 amide bonds. The standard InChI is InChI=1S/C13H20N2O4S/c1-4-6-7-19-11(16)9(3)20-13-14-8-10(15-13)12(17)18-5-2/h8-9H,4-7H2,1-3H3,(H,14,15). The number of esters is 2. The molecule has 6 nitrogen and oxygen atoms in total. The summed E-state index contributed by atoms with van der Waals surface area (Å²) in [6.45, 7) is 6.25. The van der Waals surface area contributed by atoms with Gasteiger partial charge in [-0.15, -0.1) is 0 Å². The monoisotopic (exact) mass is 300 g/mol. The number of nitrogens with one attached hydrogen (secondary N) is 1. The van der Waals surface area contributed by atoms with Gasteiger partial charge in [-0.1, -0.05) is 25.1 Å². The Morgan fingerprint density at radius 1 is 1.40 bits per heavy atom. The summed E-state index contributed by atoms with van der Waals surface area (Å²) < 4.78 is 9.96. The van der Waals surface area contributed by atoms with Crippen LogP contribution in [-0.4, -0.2) is 40.4 Å². The smallest absolute Gasteiger partial charge is 0.356 e. The molecule has 20 heavy (non-hydrogen) atoms. The molecule has 0 aromatic carbocycles. The quantitative estimate of drug-likeness (QED) is 0.451. The lowest BCUT2D eigenvalue weighted by Gasteiger charge is -2.09. The number of thioether (sulfide) groups is 1. The normalized spacial score (nSPS) is 11.9. The van der Waals surface area contributed by atoms with E-state index >= 15 is 0 Å². The molecule has 0 bridgehead atoms. The minimum atomic E-state index is -0.454. The molecule has 0 saturated heterocycles. The maximum absolute atomic E-state index is 11.7. The van der Waals surface area contributed by atoms with Crippen LogP contribution in [0.15, 0.2) is 11.4 Å². The first-order valence-corrected chi connectivity index (χ1v) is 7.51. The number of carbonyl (C=O) groups excluding carboxylic acids is 2. The number of rotatable bonds is 8. The summed E-state index contributed by atoms with van der Waals surface area (Å²) in [6, 6.07) is 0. The fourth-order valence-electron chi connectivity index (χ4n) is 1.33. The van der Waals surface area contributed by atoms with Gasteiger partial charge in [0.1, 0.15) is 10.9 Å². The Morgan fingerprint density at radius 3 is 2.80 bits per heavy atom. The van der Waals surface area contributed by atoms with E-state index in [9.17, 15) is 9.59 Å². The number of ether oxygens (including phenoxy) is 2. The van der Waals surface area contributed by atoms with Crippen LogP contribution in [0.1, 0.15) is 44.1 Å². The van der Waals surface area contributed by atoms with Crippen LogP contribution in [-0.2, 0) is 14.3 Å². The van der Waals surface area contributed by atoms with E-state index in [2.05, 4.69) is 9.97 Å². The van der Waals surface area contributed by atoms with Crippen LogP contribution < -0.4 is 0 Å². The summed E-state index contributed by atoms with van der Waals surface area (Å²) in [4.78, 5) is 30.0. The number of imidazole rings is 1. The first-order valence-electron chi connectivity index (χ1n) is 6.63. The highest BCUT2D eigenvalue weighted by atomic mass is 32.2. The van der Waals surface area contributed by atoms with Gasteiger partial charge in [0.25, 0.3) is 0 Å². The number of carbonyl (C=O) groups is 2. The van der Waals surface area contributed by atoms with Crippen LogP contribution in [0.5, 0.6) is 0 Å². The first kappa shape index (κ1) is 16.6. The van der Waals surface area contributed by atoms with Gasteiger partial charge in [-0.05, 0) is 20.3 Å². The summed E-state index contributed by atoms with van der Waals surface area (Å²) >= 11 is 1.22. The molecule has 112 valence electrons. The number of hydrogen-bond donors (Lipinski definition) is 1. The molecule has 1 unspecified atom stereocenters. The summed E-state index contributed by atoms with van der Waals surface area (Å²) in [5, 5.41) is 0.112. The van der Waals surface area contributed by atoms with Gasteiger partial charge in [0.2, 0.25) is 0 Å². The fourth-order valence-corrected chi connectivity index (χ4v) is 2.11. The van der Waals surface area contributed by atoms with Crippen molar-refractivity contribution in [2.45, 2.75) is 44.0 Å². The summed E-state index contributed by atoms with van der Waals surface area (Å²) in [7, 11) is 0. The Hall–Kier alpha value is -1.50. The van der Waals surface area contributed by atoms with Crippen LogP contribution in [0.4, 0.5) is 0 Å². The number of unbranched alkanes of at least 4 members (excludes halogenated alkanes) is 1. The zero-order valence-electron chi connectivity index (χ0n) is 12.0. The summed E-state index contributed by atoms with van der Waals surface area (Å²) in [6.07, 6.45) is 3.24. The fraction of sp³-hybridized carbons (Fsp3) is 0.615. The number of H-pyrrole nitrogens is 1. The lowest BCUT2D eigenvalue weighted by Crippen LogP contribution is -2.17. The highest BCUT2D eigenvalue weighted by Gasteiger charge is 2.18. The van der Waals surface area contributed by atoms with Gasteiger partial charge >= 0.3 is 11.9 Å². The number of aromatic nitrogens is 2. The van der Waals surface area contributed by atoms with Crippen molar-refractivity contribution in [3.05, 3.63) is 11.9 Å². The van der Waals surface area contributed by atoms with Gasteiger partial charge in [-0.3, -0.25) is 4.79 Å². The van der Waals surface area contributed by atoms with Crippen LogP contribution in [0, 0.1) is 0 Å². The molecule has 1 heterocycles. The first-order chi connectivity index (χ1) is 9.58. The molecule has 0 spiro atoms. The van der Waals surface area contributed by atoms with E-state index < -0.39 is 5.97 Å². The maximum atomic E-state index is 11.7. The predicted molar refractivity (Wildman–Crippen MR) is 75.7 cm³/mol. The van der Waals surface area contributed by atoms with Crippen molar-refractivity contribution >= 4 is 23.7 Å². The van der Waals surface area contributed by atoms with Crippen LogP contribution >= 0.6 is 11.8 Å². The maximum Gasteiger partial charge on any atom is 0.356 e. The third-order valence-electron chi connectivity index (χ3n) is 2.41. The predicted octanol–water partition coefficient (Wildman–Crippen LogP) is 2.41. The van der Waals surface area contributed by atoms with E-state index in [1.165, 1.54) is 18.0 Å². The van der Waals surface area contributed by atoms with E-state index in [4.69, 9.17) is 9.47 Å². The number of nitrogens with zero attached hydrogens (tertiary/aromatic N) is 1. The highest BCUT2D eigenvalue weighted by molar-refractivity contribution is 8.00. The number of hydrogen-bond acceptors (Lipinski definition) is 6. The van der Waals surface area contributed by atoms with Crippen molar-refractivity contribution in [1.29, 1.82) is 0 Å². The molecule has 0 saturated carbocycles. The second kappa shape index (κ2) is 8.63. The Kier molecular flexibility index (Phi) is 7.14. The molecule has 1 N–H and O–H groups in total. The van der Waals surface area contributed by atoms with Crippen LogP contribution in [0.2, 0.25) is 0 Å². The number of aromatic amines is 1. The van der Waals surface area contributed by atoms with Gasteiger partial charge in [0.05, 0.1) is 19.4 Å². The van der Waals surface area contributed by atoms with Gasteiger partial charge in [-0.2, -0.15) is 0 Å². The molecule has 1 atom stereocenters. The average Bonchev–Trinajstić information content (AvgIpc) is 2.87. The van der Waals surface area contributed by atoms with Gasteiger partial charge in [0, 0.05) is 0 Å². The summed E-state index contributed by atoms with van der Waals surface area (Å²) in [5.74, 6) is -0.734. The lowest BCUT2D eigenvalue weighted by atomic mass is 10.4. The summed E-state index contributed by atoms with van der Waals surface area (Å²) in [5.41, 5.74) is 0.279. The molecule has 0 aliphatic rings.